The fraction of sp³-hybridized carbons (Fsp3) is 0.875. The highest BCUT2D eigenvalue weighted by Gasteiger charge is 2.46. The standard InChI is InChI=1S/C16H28N/c1-11(2)13-8-9-16(4)14(13)10-12(3)6-7-15(16)17-5/h10-11,13-15H,6-9H2,1-5H3/q-1. The molecule has 1 fully saturated rings. The minimum atomic E-state index is 0.432. The summed E-state index contributed by atoms with van der Waals surface area (Å²) in [6.07, 6.45) is 7.87. The number of rotatable bonds is 2. The van der Waals surface area contributed by atoms with Gasteiger partial charge in [0, 0.05) is 0 Å². The van der Waals surface area contributed by atoms with E-state index in [9.17, 15) is 0 Å². The Kier molecular flexibility index (Phi) is 3.68. The molecule has 0 aromatic rings. The van der Waals surface area contributed by atoms with Gasteiger partial charge in [0.2, 0.25) is 0 Å². The highest BCUT2D eigenvalue weighted by atomic mass is 14.9. The highest BCUT2D eigenvalue weighted by molar-refractivity contribution is 5.19. The third-order valence-electron chi connectivity index (χ3n) is 5.44. The molecule has 2 rings (SSSR count). The van der Waals surface area contributed by atoms with Gasteiger partial charge in [-0.15, -0.1) is 6.04 Å². The molecule has 4 atom stereocenters. The number of nitrogens with zero attached hydrogens (tertiary/aromatic N) is 1. The average molecular weight is 234 g/mol. The van der Waals surface area contributed by atoms with E-state index in [-0.39, 0.29) is 0 Å². The molecule has 2 aliphatic rings. The number of hydrogen-bond acceptors (Lipinski definition) is 0. The Morgan fingerprint density at radius 2 is 2.06 bits per heavy atom. The lowest BCUT2D eigenvalue weighted by atomic mass is 9.70. The summed E-state index contributed by atoms with van der Waals surface area (Å²) in [6.45, 7) is 9.59. The lowest BCUT2D eigenvalue weighted by Crippen LogP contribution is -2.35. The number of allylic oxidation sites excluding steroid dienone is 2. The molecule has 0 aromatic heterocycles. The van der Waals surface area contributed by atoms with Gasteiger partial charge in [0.05, 0.1) is 0 Å². The zero-order valence-corrected chi connectivity index (χ0v) is 12.2. The predicted octanol–water partition coefficient (Wildman–Crippen LogP) is 4.79. The van der Waals surface area contributed by atoms with Gasteiger partial charge >= 0.3 is 0 Å². The van der Waals surface area contributed by atoms with Crippen molar-refractivity contribution in [3.05, 3.63) is 17.0 Å². The van der Waals surface area contributed by atoms with E-state index in [0.29, 0.717) is 11.5 Å². The van der Waals surface area contributed by atoms with E-state index in [1.165, 1.54) is 25.7 Å². The average Bonchev–Trinajstić information content (AvgIpc) is 2.52. The molecule has 98 valence electrons. The van der Waals surface area contributed by atoms with E-state index in [1.54, 1.807) is 5.57 Å². The van der Waals surface area contributed by atoms with Crippen molar-refractivity contribution in [2.45, 2.75) is 59.4 Å². The van der Waals surface area contributed by atoms with E-state index in [2.05, 4.69) is 33.8 Å². The molecule has 0 N–H and O–H groups in total. The van der Waals surface area contributed by atoms with Crippen molar-refractivity contribution in [1.29, 1.82) is 0 Å². The predicted molar refractivity (Wildman–Crippen MR) is 75.2 cm³/mol. The molecule has 1 heteroatoms. The third kappa shape index (κ3) is 2.19. The van der Waals surface area contributed by atoms with Crippen LogP contribution in [0.2, 0.25) is 0 Å². The third-order valence-corrected chi connectivity index (χ3v) is 5.44. The van der Waals surface area contributed by atoms with Crippen LogP contribution < -0.4 is 0 Å². The number of hydrogen-bond donors (Lipinski definition) is 0. The van der Waals surface area contributed by atoms with Crippen LogP contribution in [0, 0.1) is 23.2 Å². The molecular weight excluding hydrogens is 206 g/mol. The maximum Gasteiger partial charge on any atom is -0.0160 e. The van der Waals surface area contributed by atoms with Crippen LogP contribution in [-0.2, 0) is 0 Å². The lowest BCUT2D eigenvalue weighted by Gasteiger charge is -2.46. The van der Waals surface area contributed by atoms with Crippen molar-refractivity contribution in [2.75, 3.05) is 7.05 Å². The molecule has 0 saturated heterocycles. The fourth-order valence-electron chi connectivity index (χ4n) is 4.27. The summed E-state index contributed by atoms with van der Waals surface area (Å²) in [5.74, 6) is 2.44. The summed E-state index contributed by atoms with van der Waals surface area (Å²) in [7, 11) is 2.02. The van der Waals surface area contributed by atoms with Crippen LogP contribution in [0.5, 0.6) is 0 Å². The summed E-state index contributed by atoms with van der Waals surface area (Å²) in [5, 5.41) is 4.72. The minimum Gasteiger partial charge on any atom is -0.662 e. The largest absolute Gasteiger partial charge is 0.662 e. The molecule has 4 unspecified atom stereocenters. The molecule has 0 aliphatic heterocycles. The Morgan fingerprint density at radius 1 is 1.35 bits per heavy atom. The van der Waals surface area contributed by atoms with Crippen molar-refractivity contribution in [2.24, 2.45) is 23.2 Å². The molecule has 1 saturated carbocycles. The van der Waals surface area contributed by atoms with E-state index < -0.39 is 0 Å². The summed E-state index contributed by atoms with van der Waals surface area (Å²) < 4.78 is 0. The molecule has 1 nitrogen and oxygen atoms in total. The maximum atomic E-state index is 4.72. The van der Waals surface area contributed by atoms with Crippen LogP contribution in [0.25, 0.3) is 5.32 Å². The van der Waals surface area contributed by atoms with Crippen LogP contribution in [0.4, 0.5) is 0 Å². The normalized spacial score (nSPS) is 42.2. The molecule has 0 heterocycles. The fourth-order valence-corrected chi connectivity index (χ4v) is 4.27. The van der Waals surface area contributed by atoms with Gasteiger partial charge in [0.1, 0.15) is 0 Å². The van der Waals surface area contributed by atoms with Gasteiger partial charge in [-0.1, -0.05) is 38.8 Å². The second-order valence-corrected chi connectivity index (χ2v) is 6.80. The molecule has 0 spiro atoms. The van der Waals surface area contributed by atoms with Crippen molar-refractivity contribution < 1.29 is 0 Å². The molecule has 0 amide bonds. The van der Waals surface area contributed by atoms with Crippen LogP contribution >= 0.6 is 0 Å². The quantitative estimate of drug-likeness (QED) is 0.610. The second kappa shape index (κ2) is 4.76. The first-order valence-electron chi connectivity index (χ1n) is 7.25. The Hall–Kier alpha value is -0.300. The zero-order chi connectivity index (χ0) is 12.6. The van der Waals surface area contributed by atoms with Crippen LogP contribution in [0.3, 0.4) is 0 Å². The minimum absolute atomic E-state index is 0.432. The summed E-state index contributed by atoms with van der Waals surface area (Å²) in [5.41, 5.74) is 2.03. The van der Waals surface area contributed by atoms with Crippen molar-refractivity contribution in [1.82, 2.24) is 0 Å². The van der Waals surface area contributed by atoms with Crippen LogP contribution in [-0.4, -0.2) is 13.1 Å². The summed E-state index contributed by atoms with van der Waals surface area (Å²) in [6, 6.07) is 0.574. The Bertz CT molecular complexity index is 305. The summed E-state index contributed by atoms with van der Waals surface area (Å²) in [4.78, 5) is 0. The molecule has 2 aliphatic carbocycles. The summed E-state index contributed by atoms with van der Waals surface area (Å²) >= 11 is 0. The van der Waals surface area contributed by atoms with Gasteiger partial charge < -0.3 is 5.32 Å². The topological polar surface area (TPSA) is 14.1 Å². The van der Waals surface area contributed by atoms with Crippen molar-refractivity contribution >= 4 is 0 Å². The first-order valence-corrected chi connectivity index (χ1v) is 7.25. The Labute approximate surface area is 107 Å². The first-order chi connectivity index (χ1) is 7.99. The smallest absolute Gasteiger partial charge is 0.0160 e. The Morgan fingerprint density at radius 3 is 2.65 bits per heavy atom. The van der Waals surface area contributed by atoms with Crippen LogP contribution in [0.1, 0.15) is 53.4 Å². The van der Waals surface area contributed by atoms with E-state index in [0.717, 1.165) is 17.8 Å². The zero-order valence-electron chi connectivity index (χ0n) is 12.2. The SMILES string of the molecule is C[N-]C1CCC(C)=CC2C(C(C)C)CCC12C. The highest BCUT2D eigenvalue weighted by Crippen LogP contribution is 2.56. The molecule has 17 heavy (non-hydrogen) atoms. The van der Waals surface area contributed by atoms with Crippen molar-refractivity contribution in [3.8, 4) is 0 Å². The molecule has 0 radical (unpaired) electrons. The van der Waals surface area contributed by atoms with E-state index in [4.69, 9.17) is 5.32 Å². The molecule has 0 bridgehead atoms. The second-order valence-electron chi connectivity index (χ2n) is 6.80. The molecular formula is C16H28N-. The van der Waals surface area contributed by atoms with Gasteiger partial charge in [-0.25, -0.2) is 0 Å². The first kappa shape index (κ1) is 13.1. The van der Waals surface area contributed by atoms with E-state index in [1.807, 2.05) is 7.05 Å². The Balaban J connectivity index is 2.33. The van der Waals surface area contributed by atoms with Gasteiger partial charge in [-0.05, 0) is 49.4 Å². The van der Waals surface area contributed by atoms with Gasteiger partial charge in [-0.2, -0.15) is 7.05 Å². The lowest BCUT2D eigenvalue weighted by molar-refractivity contribution is 0.187. The monoisotopic (exact) mass is 234 g/mol. The van der Waals surface area contributed by atoms with Gasteiger partial charge in [0.25, 0.3) is 0 Å². The van der Waals surface area contributed by atoms with Crippen LogP contribution in [0.15, 0.2) is 11.6 Å². The van der Waals surface area contributed by atoms with Crippen molar-refractivity contribution in [3.63, 3.8) is 0 Å². The maximum absolute atomic E-state index is 4.72. The van der Waals surface area contributed by atoms with Gasteiger partial charge in [0.15, 0.2) is 0 Å². The van der Waals surface area contributed by atoms with Gasteiger partial charge in [-0.3, -0.25) is 0 Å². The van der Waals surface area contributed by atoms with E-state index >= 15 is 0 Å². The molecule has 0 aromatic carbocycles. The number of fused-ring (bicyclic) bond motifs is 1.